The lowest BCUT2D eigenvalue weighted by Gasteiger charge is -1.94. The van der Waals surface area contributed by atoms with Gasteiger partial charge in [-0.1, -0.05) is 0 Å². The zero-order valence-corrected chi connectivity index (χ0v) is 8.52. The summed E-state index contributed by atoms with van der Waals surface area (Å²) < 4.78 is 5.18. The minimum Gasteiger partial charge on any atom is -0.444 e. The first-order valence-electron chi connectivity index (χ1n) is 4.56. The molecule has 0 aliphatic carbocycles. The Morgan fingerprint density at radius 1 is 1.40 bits per heavy atom. The monoisotopic (exact) mass is 202 g/mol. The Balaban J connectivity index is 2.37. The van der Waals surface area contributed by atoms with E-state index in [1.807, 2.05) is 19.1 Å². The molecule has 76 valence electrons. The molecule has 0 bridgehead atoms. The number of pyridine rings is 1. The van der Waals surface area contributed by atoms with Crippen LogP contribution in [0.25, 0.3) is 11.5 Å². The van der Waals surface area contributed by atoms with Crippen molar-refractivity contribution in [3.05, 3.63) is 36.0 Å². The largest absolute Gasteiger partial charge is 0.444 e. The zero-order chi connectivity index (χ0) is 10.8. The number of carbonyl (C=O) groups is 1. The summed E-state index contributed by atoms with van der Waals surface area (Å²) in [5, 5.41) is 0. The Bertz CT molecular complexity index is 486. The van der Waals surface area contributed by atoms with Gasteiger partial charge in [0, 0.05) is 18.8 Å². The van der Waals surface area contributed by atoms with Gasteiger partial charge in [0.2, 0.25) is 5.89 Å². The van der Waals surface area contributed by atoms with E-state index < -0.39 is 0 Å². The molecule has 0 amide bonds. The maximum atomic E-state index is 11.0. The highest BCUT2D eigenvalue weighted by molar-refractivity contribution is 5.92. The van der Waals surface area contributed by atoms with Crippen molar-refractivity contribution < 1.29 is 9.21 Å². The number of ketones is 1. The van der Waals surface area contributed by atoms with Gasteiger partial charge in [-0.15, -0.1) is 0 Å². The molecule has 0 aromatic carbocycles. The molecule has 0 saturated carbocycles. The predicted molar refractivity (Wildman–Crippen MR) is 54.5 cm³/mol. The summed E-state index contributed by atoms with van der Waals surface area (Å²) >= 11 is 0. The van der Waals surface area contributed by atoms with Crippen molar-refractivity contribution in [3.63, 3.8) is 0 Å². The lowest BCUT2D eigenvalue weighted by atomic mass is 10.2. The quantitative estimate of drug-likeness (QED) is 0.701. The number of Topliss-reactive ketones (excluding diaryl/α,β-unsaturated/α-hetero) is 1. The Morgan fingerprint density at radius 2 is 2.20 bits per heavy atom. The number of rotatable bonds is 2. The van der Waals surface area contributed by atoms with Crippen LogP contribution >= 0.6 is 0 Å². The van der Waals surface area contributed by atoms with E-state index >= 15 is 0 Å². The molecule has 0 unspecified atom stereocenters. The predicted octanol–water partition coefficient (Wildman–Crippen LogP) is 2.25. The fourth-order valence-electron chi connectivity index (χ4n) is 1.16. The summed E-state index contributed by atoms with van der Waals surface area (Å²) in [7, 11) is 0. The van der Waals surface area contributed by atoms with E-state index in [0.29, 0.717) is 11.6 Å². The van der Waals surface area contributed by atoms with Crippen LogP contribution in [0.15, 0.2) is 29.0 Å². The van der Waals surface area contributed by atoms with Gasteiger partial charge in [0.25, 0.3) is 0 Å². The van der Waals surface area contributed by atoms with E-state index in [4.69, 9.17) is 4.42 Å². The maximum Gasteiger partial charge on any atom is 0.228 e. The molecule has 0 spiro atoms. The lowest BCUT2D eigenvalue weighted by molar-refractivity contribution is 0.101. The van der Waals surface area contributed by atoms with Crippen LogP contribution in [-0.4, -0.2) is 15.8 Å². The first kappa shape index (κ1) is 9.58. The number of oxazole rings is 1. The summed E-state index contributed by atoms with van der Waals surface area (Å²) in [4.78, 5) is 19.2. The summed E-state index contributed by atoms with van der Waals surface area (Å²) in [6.07, 6.45) is 3.03. The fraction of sp³-hybridized carbons (Fsp3) is 0.182. The molecule has 15 heavy (non-hydrogen) atoms. The van der Waals surface area contributed by atoms with Gasteiger partial charge in [-0.05, 0) is 19.1 Å². The van der Waals surface area contributed by atoms with Gasteiger partial charge in [0.1, 0.15) is 12.0 Å². The SMILES string of the molecule is CC(=O)c1coc(-c2ccc(C)nc2)n1. The Kier molecular flexibility index (Phi) is 2.33. The second-order valence-corrected chi connectivity index (χ2v) is 3.28. The molecule has 2 heterocycles. The number of hydrogen-bond donors (Lipinski definition) is 0. The molecule has 0 fully saturated rings. The van der Waals surface area contributed by atoms with Crippen LogP contribution < -0.4 is 0 Å². The van der Waals surface area contributed by atoms with Gasteiger partial charge < -0.3 is 4.42 Å². The number of aromatic nitrogens is 2. The van der Waals surface area contributed by atoms with Crippen LogP contribution in [0.4, 0.5) is 0 Å². The van der Waals surface area contributed by atoms with Crippen LogP contribution in [0.3, 0.4) is 0 Å². The summed E-state index contributed by atoms with van der Waals surface area (Å²) in [6, 6.07) is 3.73. The topological polar surface area (TPSA) is 56.0 Å². The molecule has 0 N–H and O–H groups in total. The Morgan fingerprint density at radius 3 is 2.73 bits per heavy atom. The number of aryl methyl sites for hydroxylation is 1. The van der Waals surface area contributed by atoms with Crippen molar-refractivity contribution in [3.8, 4) is 11.5 Å². The van der Waals surface area contributed by atoms with Crippen LogP contribution in [0.2, 0.25) is 0 Å². The average Bonchev–Trinajstić information content (AvgIpc) is 2.68. The van der Waals surface area contributed by atoms with Crippen molar-refractivity contribution >= 4 is 5.78 Å². The van der Waals surface area contributed by atoms with E-state index in [-0.39, 0.29) is 5.78 Å². The van der Waals surface area contributed by atoms with Gasteiger partial charge in [-0.3, -0.25) is 9.78 Å². The van der Waals surface area contributed by atoms with Crippen molar-refractivity contribution in [1.82, 2.24) is 9.97 Å². The molecular weight excluding hydrogens is 192 g/mol. The number of carbonyl (C=O) groups excluding carboxylic acids is 1. The maximum absolute atomic E-state index is 11.0. The molecule has 0 radical (unpaired) electrons. The summed E-state index contributed by atoms with van der Waals surface area (Å²) in [6.45, 7) is 3.36. The third-order valence-electron chi connectivity index (χ3n) is 2.02. The van der Waals surface area contributed by atoms with E-state index in [0.717, 1.165) is 11.3 Å². The van der Waals surface area contributed by atoms with E-state index in [1.165, 1.54) is 13.2 Å². The normalized spacial score (nSPS) is 10.3. The summed E-state index contributed by atoms with van der Waals surface area (Å²) in [5.74, 6) is 0.317. The third-order valence-corrected chi connectivity index (χ3v) is 2.02. The smallest absolute Gasteiger partial charge is 0.228 e. The van der Waals surface area contributed by atoms with E-state index in [1.54, 1.807) is 6.20 Å². The second kappa shape index (κ2) is 3.65. The van der Waals surface area contributed by atoms with Crippen molar-refractivity contribution in [2.24, 2.45) is 0 Å². The van der Waals surface area contributed by atoms with E-state index in [2.05, 4.69) is 9.97 Å². The van der Waals surface area contributed by atoms with Crippen molar-refractivity contribution in [2.75, 3.05) is 0 Å². The Hall–Kier alpha value is -1.97. The molecule has 0 aliphatic heterocycles. The highest BCUT2D eigenvalue weighted by Crippen LogP contribution is 2.17. The highest BCUT2D eigenvalue weighted by Gasteiger charge is 2.09. The molecule has 0 aliphatic rings. The van der Waals surface area contributed by atoms with Crippen LogP contribution in [-0.2, 0) is 0 Å². The molecule has 0 saturated heterocycles. The highest BCUT2D eigenvalue weighted by atomic mass is 16.3. The van der Waals surface area contributed by atoms with Gasteiger partial charge in [0.05, 0.1) is 5.56 Å². The van der Waals surface area contributed by atoms with Crippen LogP contribution in [0, 0.1) is 6.92 Å². The van der Waals surface area contributed by atoms with E-state index in [9.17, 15) is 4.79 Å². The zero-order valence-electron chi connectivity index (χ0n) is 8.52. The number of nitrogens with zero attached hydrogens (tertiary/aromatic N) is 2. The van der Waals surface area contributed by atoms with Crippen molar-refractivity contribution in [2.45, 2.75) is 13.8 Å². The van der Waals surface area contributed by atoms with Gasteiger partial charge in [-0.2, -0.15) is 0 Å². The molecule has 4 nitrogen and oxygen atoms in total. The lowest BCUT2D eigenvalue weighted by Crippen LogP contribution is -1.91. The second-order valence-electron chi connectivity index (χ2n) is 3.28. The first-order valence-corrected chi connectivity index (χ1v) is 4.56. The number of hydrogen-bond acceptors (Lipinski definition) is 4. The van der Waals surface area contributed by atoms with Gasteiger partial charge in [0.15, 0.2) is 5.78 Å². The standard InChI is InChI=1S/C11H10N2O2/c1-7-3-4-9(5-12-7)11-13-10(6-15-11)8(2)14/h3-6H,1-2H3. The van der Waals surface area contributed by atoms with Gasteiger partial charge in [-0.25, -0.2) is 4.98 Å². The molecule has 2 rings (SSSR count). The molecule has 2 aromatic heterocycles. The third kappa shape index (κ3) is 1.93. The fourth-order valence-corrected chi connectivity index (χ4v) is 1.16. The molecule has 0 atom stereocenters. The van der Waals surface area contributed by atoms with Crippen LogP contribution in [0.1, 0.15) is 23.1 Å². The molecule has 2 aromatic rings. The van der Waals surface area contributed by atoms with Gasteiger partial charge >= 0.3 is 0 Å². The Labute approximate surface area is 87.0 Å². The van der Waals surface area contributed by atoms with Crippen molar-refractivity contribution in [1.29, 1.82) is 0 Å². The minimum atomic E-state index is -0.106. The van der Waals surface area contributed by atoms with Crippen LogP contribution in [0.5, 0.6) is 0 Å². The summed E-state index contributed by atoms with van der Waals surface area (Å²) in [5.41, 5.74) is 2.04. The first-order chi connectivity index (χ1) is 7.16. The molecule has 4 heteroatoms. The average molecular weight is 202 g/mol. The minimum absolute atomic E-state index is 0.106. The molecular formula is C11H10N2O2.